The van der Waals surface area contributed by atoms with Crippen molar-refractivity contribution in [3.8, 4) is 11.5 Å². The summed E-state index contributed by atoms with van der Waals surface area (Å²) < 4.78 is 2.06. The fraction of sp³-hybridized carbons (Fsp3) is 0.222. The summed E-state index contributed by atoms with van der Waals surface area (Å²) in [5.74, 6) is -0.613. The van der Waals surface area contributed by atoms with E-state index in [2.05, 4.69) is 159 Å². The molecule has 0 aliphatic heterocycles. The summed E-state index contributed by atoms with van der Waals surface area (Å²) in [6.45, 7) is 16.1. The summed E-state index contributed by atoms with van der Waals surface area (Å²) in [5, 5.41) is 30.8. The van der Waals surface area contributed by atoms with Crippen LogP contribution >= 0.6 is 36.5 Å². The largest absolute Gasteiger partial charge is 2.00 e. The van der Waals surface area contributed by atoms with Gasteiger partial charge in [-0.15, -0.1) is 11.5 Å². The van der Waals surface area contributed by atoms with Crippen molar-refractivity contribution in [1.82, 2.24) is 0 Å². The van der Waals surface area contributed by atoms with Gasteiger partial charge in [0.25, 0.3) is 0 Å². The predicted molar refractivity (Wildman–Crippen MR) is 269 cm³/mol. The molecular weight excluding hydrogens is 913 g/mol. The number of aryl methyl sites for hydroxylation is 2. The van der Waals surface area contributed by atoms with E-state index >= 15 is 0 Å². The molecule has 1 aromatic heterocycles. The van der Waals surface area contributed by atoms with Gasteiger partial charge >= 0.3 is 20.4 Å². The topological polar surface area (TPSA) is 46.1 Å². The first kappa shape index (κ1) is 49.8. The first-order valence-corrected chi connectivity index (χ1v) is 26.2. The fourth-order valence-electron chi connectivity index (χ4n) is 7.02. The third kappa shape index (κ3) is 14.6. The van der Waals surface area contributed by atoms with Crippen molar-refractivity contribution in [3.63, 3.8) is 0 Å². The molecule has 0 atom stereocenters. The van der Waals surface area contributed by atoms with Gasteiger partial charge in [0.05, 0.1) is 46.5 Å². The molecule has 0 saturated heterocycles. The van der Waals surface area contributed by atoms with Crippen molar-refractivity contribution in [2.45, 2.75) is 66.2 Å². The summed E-state index contributed by atoms with van der Waals surface area (Å²) in [5.41, 5.74) is 3.48. The third-order valence-corrected chi connectivity index (χ3v) is 18.8. The van der Waals surface area contributed by atoms with Crippen LogP contribution in [0.25, 0.3) is 9.40 Å². The van der Waals surface area contributed by atoms with E-state index in [0.717, 1.165) is 9.40 Å². The molecule has 0 saturated carbocycles. The minimum Gasteiger partial charge on any atom is -0.873 e. The van der Waals surface area contributed by atoms with Crippen LogP contribution in [0.15, 0.2) is 182 Å². The van der Waals surface area contributed by atoms with Crippen LogP contribution in [0.5, 0.6) is 11.5 Å². The Bertz CT molecular complexity index is 2170. The quantitative estimate of drug-likeness (QED) is 0.0907. The van der Waals surface area contributed by atoms with Gasteiger partial charge in [-0.3, -0.25) is 0 Å². The molecule has 1 heterocycles. The molecule has 8 rings (SSSR count). The Balaban J connectivity index is 0.000000210. The van der Waals surface area contributed by atoms with Gasteiger partial charge in [0.2, 0.25) is 0 Å². The van der Waals surface area contributed by atoms with E-state index in [1.165, 1.54) is 44.7 Å². The van der Waals surface area contributed by atoms with E-state index in [-0.39, 0.29) is 42.8 Å². The monoisotopic (exact) mass is 972 g/mol. The maximum Gasteiger partial charge on any atom is 2.00 e. The Kier molecular flexibility index (Phi) is 19.6. The molecule has 0 radical (unpaired) electrons. The summed E-state index contributed by atoms with van der Waals surface area (Å²) >= 11 is 0. The summed E-state index contributed by atoms with van der Waals surface area (Å²) in [7, 11) is 1.66. The van der Waals surface area contributed by atoms with Crippen molar-refractivity contribution >= 4 is 67.1 Å². The Hall–Kier alpha value is -3.90. The molecule has 318 valence electrons. The Morgan fingerprint density at radius 1 is 0.377 bits per heavy atom. The minimum atomic E-state index is -0.783. The van der Waals surface area contributed by atoms with Crippen LogP contribution in [0.1, 0.15) is 63.8 Å². The van der Waals surface area contributed by atoms with E-state index in [9.17, 15) is 10.2 Å². The molecule has 2 nitrogen and oxygen atoms in total. The molecule has 0 N–H and O–H groups in total. The van der Waals surface area contributed by atoms with Crippen LogP contribution in [-0.4, -0.2) is 12.3 Å². The summed E-state index contributed by atoms with van der Waals surface area (Å²) in [6, 6.07) is 65.0. The second-order valence-electron chi connectivity index (χ2n) is 17.0. The molecule has 61 heavy (non-hydrogen) atoms. The first-order valence-electron chi connectivity index (χ1n) is 20.7. The van der Waals surface area contributed by atoms with Crippen molar-refractivity contribution < 1.29 is 30.6 Å². The van der Waals surface area contributed by atoms with Crippen molar-refractivity contribution in [2.75, 3.05) is 12.3 Å². The maximum absolute atomic E-state index is 12.4. The van der Waals surface area contributed by atoms with Gasteiger partial charge in [-0.2, -0.15) is 0 Å². The van der Waals surface area contributed by atoms with Crippen LogP contribution < -0.4 is 31.4 Å². The van der Waals surface area contributed by atoms with Crippen LogP contribution in [0.3, 0.4) is 0 Å². The van der Waals surface area contributed by atoms with E-state index in [0.29, 0.717) is 11.1 Å². The molecule has 0 aliphatic rings. The number of benzene rings is 7. The average Bonchev–Trinajstić information content (AvgIpc) is 3.24. The molecular formula is C54H60O2P2PdS2+2. The Morgan fingerprint density at radius 2 is 0.590 bits per heavy atom. The second-order valence-corrected chi connectivity index (χ2v) is 24.3. The van der Waals surface area contributed by atoms with E-state index in [1.807, 2.05) is 77.9 Å². The van der Waals surface area contributed by atoms with Gasteiger partial charge in [0.15, 0.2) is 0 Å². The normalized spacial score (nSPS) is 11.0. The van der Waals surface area contributed by atoms with E-state index in [4.69, 9.17) is 0 Å². The fourth-order valence-corrected chi connectivity index (χ4v) is 15.9. The summed E-state index contributed by atoms with van der Waals surface area (Å²) in [4.78, 5) is 0. The van der Waals surface area contributed by atoms with Crippen LogP contribution in [0.2, 0.25) is 0 Å². The van der Waals surface area contributed by atoms with Gasteiger partial charge in [-0.25, -0.2) is 0 Å². The number of hydrogen-bond donors (Lipinski definition) is 0. The van der Waals surface area contributed by atoms with E-state index < -0.39 is 15.8 Å². The Labute approximate surface area is 389 Å². The van der Waals surface area contributed by atoms with Crippen molar-refractivity contribution in [2.24, 2.45) is 0 Å². The smallest absolute Gasteiger partial charge is 0.873 e. The van der Waals surface area contributed by atoms with Gasteiger partial charge in [-0.1, -0.05) is 207 Å². The molecule has 0 spiro atoms. The number of fused-ring (bicyclic) bond motifs is 1. The standard InChI is InChI=1S/C26H24P2.C14H20O2S2.2C7H8.Pd/c1-5-13-23(14-6-1)27(24-15-7-2-8-16-24)21-22-28(25-17-9-3-10-18-25)26-19-11-4-12-20-26;1-13(2,3)7-9(15)10(16)8(14(4,5)6)12-11(7)17-18-12;2*1-7-5-3-2-4-6-7;/h1-20H,21-22H2;15-16H,1-6H3;2*2-6H,1H3;/q;;;;+2. The van der Waals surface area contributed by atoms with Crippen molar-refractivity contribution in [3.05, 3.63) is 204 Å². The van der Waals surface area contributed by atoms with Crippen LogP contribution in [0, 0.1) is 13.8 Å². The van der Waals surface area contributed by atoms with Crippen LogP contribution in [-0.2, 0) is 31.3 Å². The second kappa shape index (κ2) is 24.1. The van der Waals surface area contributed by atoms with Gasteiger partial charge < -0.3 is 10.2 Å². The SMILES string of the molecule is CC(C)(C)c1c([O-])c([O-])c(C(C)(C)C)c2ssc12.Cc1ccccc1.Cc1ccccc1.[Pd+2].c1ccc([PH+](CC[PH+](c2ccccc2)c2ccccc2)c2ccccc2)cc1. The molecule has 0 amide bonds. The molecule has 7 heteroatoms. The zero-order valence-electron chi connectivity index (χ0n) is 36.7. The van der Waals surface area contributed by atoms with Gasteiger partial charge in [-0.05, 0) is 84.3 Å². The zero-order valence-corrected chi connectivity index (χ0v) is 41.9. The van der Waals surface area contributed by atoms with E-state index in [1.54, 1.807) is 20.7 Å². The van der Waals surface area contributed by atoms with Crippen molar-refractivity contribution in [1.29, 1.82) is 0 Å². The first-order chi connectivity index (χ1) is 28.8. The van der Waals surface area contributed by atoms with Gasteiger partial charge in [0, 0.05) is 0 Å². The predicted octanol–water partition coefficient (Wildman–Crippen LogP) is 12.4. The number of hydrogen-bond acceptors (Lipinski definition) is 4. The molecule has 0 fully saturated rings. The molecule has 8 aromatic rings. The third-order valence-electron chi connectivity index (χ3n) is 10.0. The Morgan fingerprint density at radius 3 is 0.754 bits per heavy atom. The average molecular weight is 974 g/mol. The number of rotatable bonds is 7. The minimum absolute atomic E-state index is 0. The van der Waals surface area contributed by atoms with Gasteiger partial charge in [0.1, 0.15) is 12.3 Å². The summed E-state index contributed by atoms with van der Waals surface area (Å²) in [6.07, 6.45) is 2.52. The molecule has 7 aromatic carbocycles. The molecule has 0 unspecified atom stereocenters. The van der Waals surface area contributed by atoms with Crippen LogP contribution in [0.4, 0.5) is 0 Å². The molecule has 0 aliphatic carbocycles. The maximum atomic E-state index is 12.4. The zero-order chi connectivity index (χ0) is 43.1. The molecule has 0 bridgehead atoms.